The second-order valence-corrected chi connectivity index (χ2v) is 7.46. The van der Waals surface area contributed by atoms with Crippen molar-refractivity contribution in [3.8, 4) is 5.75 Å². The molecule has 2 N–H and O–H groups in total. The quantitative estimate of drug-likeness (QED) is 0.353. The monoisotopic (exact) mass is 457 g/mol. The first-order valence-corrected chi connectivity index (χ1v) is 10.8. The molecule has 0 saturated carbocycles. The van der Waals surface area contributed by atoms with Crippen molar-refractivity contribution in [2.75, 3.05) is 25.1 Å². The van der Waals surface area contributed by atoms with E-state index in [2.05, 4.69) is 15.6 Å². The van der Waals surface area contributed by atoms with Gasteiger partial charge in [0.15, 0.2) is 11.7 Å². The molecule has 3 rings (SSSR count). The maximum absolute atomic E-state index is 12.2. The zero-order valence-electron chi connectivity index (χ0n) is 17.6. The Morgan fingerprint density at radius 2 is 1.62 bits per heavy atom. The molecule has 0 fully saturated rings. The SMILES string of the molecule is CCOC(=O)C(NC(=O)COc1ccc(Nc2nc3ccccc3s2)cc1)C(=O)OCC. The van der Waals surface area contributed by atoms with Crippen molar-refractivity contribution in [2.24, 2.45) is 0 Å². The van der Waals surface area contributed by atoms with Gasteiger partial charge in [-0.1, -0.05) is 23.5 Å². The number of carbonyl (C=O) groups is 3. The average Bonchev–Trinajstić information content (AvgIpc) is 3.19. The standard InChI is InChI=1S/C22H23N3O6S/c1-3-29-20(27)19(21(28)30-4-2)25-18(26)13-31-15-11-9-14(10-12-15)23-22-24-16-7-5-6-8-17(16)32-22/h5-12,19H,3-4,13H2,1-2H3,(H,23,24)(H,25,26). The van der Waals surface area contributed by atoms with E-state index in [1.807, 2.05) is 24.3 Å². The molecule has 168 valence electrons. The maximum atomic E-state index is 12.2. The molecular weight excluding hydrogens is 434 g/mol. The number of ether oxygens (including phenoxy) is 3. The summed E-state index contributed by atoms with van der Waals surface area (Å²) in [4.78, 5) is 40.5. The van der Waals surface area contributed by atoms with Crippen LogP contribution in [0.4, 0.5) is 10.8 Å². The summed E-state index contributed by atoms with van der Waals surface area (Å²) in [6, 6.07) is 13.3. The van der Waals surface area contributed by atoms with Crippen molar-refractivity contribution in [1.82, 2.24) is 10.3 Å². The molecule has 0 spiro atoms. The van der Waals surface area contributed by atoms with Crippen LogP contribution < -0.4 is 15.4 Å². The number of rotatable bonds is 10. The third-order valence-electron chi connectivity index (χ3n) is 4.12. The number of hydrogen-bond donors (Lipinski definition) is 2. The summed E-state index contributed by atoms with van der Waals surface area (Å²) in [7, 11) is 0. The first kappa shape index (κ1) is 23.0. The van der Waals surface area contributed by atoms with Crippen LogP contribution in [0.2, 0.25) is 0 Å². The highest BCUT2D eigenvalue weighted by atomic mass is 32.1. The highest BCUT2D eigenvalue weighted by Gasteiger charge is 2.31. The number of nitrogens with zero attached hydrogens (tertiary/aromatic N) is 1. The van der Waals surface area contributed by atoms with E-state index in [4.69, 9.17) is 14.2 Å². The summed E-state index contributed by atoms with van der Waals surface area (Å²) in [5.74, 6) is -1.99. The Bertz CT molecular complexity index is 1030. The number of benzene rings is 2. The van der Waals surface area contributed by atoms with E-state index in [0.29, 0.717) is 5.75 Å². The van der Waals surface area contributed by atoms with Gasteiger partial charge in [-0.25, -0.2) is 14.6 Å². The van der Waals surface area contributed by atoms with Crippen molar-refractivity contribution < 1.29 is 28.6 Å². The Hall–Kier alpha value is -3.66. The number of esters is 2. The second-order valence-electron chi connectivity index (χ2n) is 6.43. The molecule has 1 heterocycles. The van der Waals surface area contributed by atoms with Crippen molar-refractivity contribution >= 4 is 50.2 Å². The lowest BCUT2D eigenvalue weighted by atomic mass is 10.3. The molecule has 2 aromatic carbocycles. The number of aromatic nitrogens is 1. The topological polar surface area (TPSA) is 116 Å². The van der Waals surface area contributed by atoms with Crippen LogP contribution in [0.3, 0.4) is 0 Å². The molecule has 3 aromatic rings. The van der Waals surface area contributed by atoms with Crippen LogP contribution in [0.15, 0.2) is 48.5 Å². The molecule has 0 atom stereocenters. The molecule has 0 bridgehead atoms. The molecule has 1 aromatic heterocycles. The Labute approximate surface area is 188 Å². The number of anilines is 2. The number of amides is 1. The van der Waals surface area contributed by atoms with E-state index in [1.165, 1.54) is 0 Å². The van der Waals surface area contributed by atoms with Gasteiger partial charge in [0, 0.05) is 5.69 Å². The fourth-order valence-electron chi connectivity index (χ4n) is 2.70. The number of fused-ring (bicyclic) bond motifs is 1. The van der Waals surface area contributed by atoms with Gasteiger partial charge in [0.1, 0.15) is 5.75 Å². The zero-order valence-corrected chi connectivity index (χ0v) is 18.4. The summed E-state index contributed by atoms with van der Waals surface area (Å²) in [6.45, 7) is 2.94. The molecule has 0 aliphatic carbocycles. The van der Waals surface area contributed by atoms with Crippen molar-refractivity contribution in [3.63, 3.8) is 0 Å². The Morgan fingerprint density at radius 1 is 0.969 bits per heavy atom. The predicted octanol–water partition coefficient (Wildman–Crippen LogP) is 3.03. The second kappa shape index (κ2) is 11.1. The highest BCUT2D eigenvalue weighted by molar-refractivity contribution is 7.22. The third-order valence-corrected chi connectivity index (χ3v) is 5.07. The molecule has 0 saturated heterocycles. The average molecular weight is 458 g/mol. The Morgan fingerprint density at radius 3 is 2.25 bits per heavy atom. The van der Waals surface area contributed by atoms with Crippen LogP contribution >= 0.6 is 11.3 Å². The van der Waals surface area contributed by atoms with Gasteiger partial charge in [-0.2, -0.15) is 0 Å². The van der Waals surface area contributed by atoms with Crippen LogP contribution in [-0.4, -0.2) is 48.7 Å². The summed E-state index contributed by atoms with van der Waals surface area (Å²) in [5.41, 5.74) is 1.74. The number of thiazole rings is 1. The van der Waals surface area contributed by atoms with Crippen molar-refractivity contribution in [3.05, 3.63) is 48.5 Å². The molecule has 9 nitrogen and oxygen atoms in total. The van der Waals surface area contributed by atoms with Crippen LogP contribution in [0.5, 0.6) is 5.75 Å². The van der Waals surface area contributed by atoms with Gasteiger partial charge in [-0.3, -0.25) is 4.79 Å². The van der Waals surface area contributed by atoms with Crippen molar-refractivity contribution in [1.29, 1.82) is 0 Å². The van der Waals surface area contributed by atoms with Crippen molar-refractivity contribution in [2.45, 2.75) is 19.9 Å². The van der Waals surface area contributed by atoms with E-state index in [-0.39, 0.29) is 19.8 Å². The molecule has 0 radical (unpaired) electrons. The van der Waals surface area contributed by atoms with Gasteiger partial charge in [0.2, 0.25) is 6.04 Å². The summed E-state index contributed by atoms with van der Waals surface area (Å²) >= 11 is 1.55. The molecule has 32 heavy (non-hydrogen) atoms. The third kappa shape index (κ3) is 6.17. The lowest BCUT2D eigenvalue weighted by Gasteiger charge is -2.16. The van der Waals surface area contributed by atoms with E-state index >= 15 is 0 Å². The fraction of sp³-hybridized carbons (Fsp3) is 0.273. The van der Waals surface area contributed by atoms with Crippen LogP contribution in [-0.2, 0) is 23.9 Å². The van der Waals surface area contributed by atoms with Gasteiger partial charge in [-0.15, -0.1) is 0 Å². The van der Waals surface area contributed by atoms with Gasteiger partial charge < -0.3 is 24.8 Å². The Kier molecular flexibility index (Phi) is 7.98. The number of para-hydroxylation sites is 1. The summed E-state index contributed by atoms with van der Waals surface area (Å²) < 4.78 is 16.2. The molecule has 1 amide bonds. The lowest BCUT2D eigenvalue weighted by molar-refractivity contribution is -0.159. The maximum Gasteiger partial charge on any atom is 0.340 e. The van der Waals surface area contributed by atoms with Gasteiger partial charge in [0.25, 0.3) is 5.91 Å². The van der Waals surface area contributed by atoms with Crippen LogP contribution in [0.25, 0.3) is 10.2 Å². The number of carbonyl (C=O) groups excluding carboxylic acids is 3. The normalized spacial score (nSPS) is 10.6. The smallest absolute Gasteiger partial charge is 0.340 e. The van der Waals surface area contributed by atoms with E-state index < -0.39 is 23.9 Å². The number of hydrogen-bond acceptors (Lipinski definition) is 9. The molecule has 0 aliphatic rings. The summed E-state index contributed by atoms with van der Waals surface area (Å²) in [5, 5.41) is 6.28. The first-order chi connectivity index (χ1) is 15.5. The largest absolute Gasteiger partial charge is 0.484 e. The Balaban J connectivity index is 1.53. The summed E-state index contributed by atoms with van der Waals surface area (Å²) in [6.07, 6.45) is 0. The molecule has 0 unspecified atom stereocenters. The zero-order chi connectivity index (χ0) is 22.9. The highest BCUT2D eigenvalue weighted by Crippen LogP contribution is 2.28. The van der Waals surface area contributed by atoms with Gasteiger partial charge >= 0.3 is 11.9 Å². The fourth-order valence-corrected chi connectivity index (χ4v) is 3.59. The first-order valence-electron chi connectivity index (χ1n) is 9.98. The van der Waals surface area contributed by atoms with Crippen LogP contribution in [0.1, 0.15) is 13.8 Å². The van der Waals surface area contributed by atoms with E-state index in [9.17, 15) is 14.4 Å². The minimum atomic E-state index is -1.54. The molecule has 10 heteroatoms. The molecular formula is C22H23N3O6S. The molecule has 0 aliphatic heterocycles. The lowest BCUT2D eigenvalue weighted by Crippen LogP contribution is -2.49. The van der Waals surface area contributed by atoms with Gasteiger partial charge in [-0.05, 0) is 50.2 Å². The number of nitrogens with one attached hydrogen (secondary N) is 2. The predicted molar refractivity (Wildman–Crippen MR) is 120 cm³/mol. The van der Waals surface area contributed by atoms with Gasteiger partial charge in [0.05, 0.1) is 23.4 Å². The van der Waals surface area contributed by atoms with E-state index in [0.717, 1.165) is 21.0 Å². The van der Waals surface area contributed by atoms with E-state index in [1.54, 1.807) is 49.4 Å². The van der Waals surface area contributed by atoms with Crippen LogP contribution in [0, 0.1) is 0 Å². The minimum absolute atomic E-state index is 0.0680. The minimum Gasteiger partial charge on any atom is -0.484 e.